The summed E-state index contributed by atoms with van der Waals surface area (Å²) >= 11 is 0. The number of carbonyl (C=O) groups is 1. The Hall–Kier alpha value is -1.91. The summed E-state index contributed by atoms with van der Waals surface area (Å²) in [5, 5.41) is 11.6. The zero-order valence-corrected chi connectivity index (χ0v) is 15.2. The molecule has 1 aliphatic rings. The second kappa shape index (κ2) is 7.98. The number of benzene rings is 2. The van der Waals surface area contributed by atoms with Crippen LogP contribution < -0.4 is 0 Å². The van der Waals surface area contributed by atoms with Crippen LogP contribution in [0.15, 0.2) is 42.5 Å². The minimum absolute atomic E-state index is 0.154. The standard InChI is InChI=1S/C21H28N2O2/c1-3-22(15-21(24)25)20-10-12-23(13-11-20)16(2)18-9-8-17-6-4-5-7-19(17)14-18/h4-9,14,16,20H,3,10-13,15H2,1-2H3,(H,24,25). The van der Waals surface area contributed by atoms with Gasteiger partial charge >= 0.3 is 5.97 Å². The second-order valence-corrected chi connectivity index (χ2v) is 7.01. The molecule has 4 heteroatoms. The summed E-state index contributed by atoms with van der Waals surface area (Å²) in [6.45, 7) is 7.33. The molecule has 0 spiro atoms. The van der Waals surface area contributed by atoms with Crippen LogP contribution in [0, 0.1) is 0 Å². The first-order chi connectivity index (χ1) is 12.1. The average Bonchev–Trinajstić information content (AvgIpc) is 2.65. The Kier molecular flexibility index (Phi) is 5.71. The van der Waals surface area contributed by atoms with E-state index < -0.39 is 5.97 Å². The van der Waals surface area contributed by atoms with Gasteiger partial charge in [0, 0.05) is 25.2 Å². The SMILES string of the molecule is CCN(CC(=O)O)C1CCN(C(C)c2ccc3ccccc3c2)CC1. The molecule has 25 heavy (non-hydrogen) atoms. The Labute approximate surface area is 150 Å². The van der Waals surface area contributed by atoms with Gasteiger partial charge in [0.1, 0.15) is 0 Å². The fourth-order valence-corrected chi connectivity index (χ4v) is 3.99. The van der Waals surface area contributed by atoms with E-state index in [-0.39, 0.29) is 6.54 Å². The molecule has 0 saturated carbocycles. The zero-order chi connectivity index (χ0) is 17.8. The third-order valence-corrected chi connectivity index (χ3v) is 5.56. The third-order valence-electron chi connectivity index (χ3n) is 5.56. The maximum atomic E-state index is 11.0. The number of fused-ring (bicyclic) bond motifs is 1. The monoisotopic (exact) mass is 340 g/mol. The van der Waals surface area contributed by atoms with E-state index in [1.165, 1.54) is 16.3 Å². The fourth-order valence-electron chi connectivity index (χ4n) is 3.99. The summed E-state index contributed by atoms with van der Waals surface area (Å²) in [5.41, 5.74) is 1.36. The number of likely N-dealkylation sites (N-methyl/N-ethyl adjacent to an activating group) is 1. The van der Waals surface area contributed by atoms with E-state index in [9.17, 15) is 4.79 Å². The molecule has 4 nitrogen and oxygen atoms in total. The lowest BCUT2D eigenvalue weighted by molar-refractivity contribution is -0.139. The molecule has 1 heterocycles. The number of carboxylic acid groups (broad SMARTS) is 1. The van der Waals surface area contributed by atoms with Crippen molar-refractivity contribution >= 4 is 16.7 Å². The summed E-state index contributed by atoms with van der Waals surface area (Å²) in [6, 6.07) is 16.0. The number of hydrogen-bond acceptors (Lipinski definition) is 3. The number of nitrogens with zero attached hydrogens (tertiary/aromatic N) is 2. The molecule has 0 bridgehead atoms. The lowest BCUT2D eigenvalue weighted by Crippen LogP contribution is -2.47. The van der Waals surface area contributed by atoms with Crippen molar-refractivity contribution in [2.75, 3.05) is 26.2 Å². The van der Waals surface area contributed by atoms with Gasteiger partial charge in [-0.25, -0.2) is 0 Å². The number of hydrogen-bond donors (Lipinski definition) is 1. The van der Waals surface area contributed by atoms with E-state index in [1.807, 2.05) is 6.92 Å². The van der Waals surface area contributed by atoms with Gasteiger partial charge < -0.3 is 5.11 Å². The van der Waals surface area contributed by atoms with Crippen LogP contribution in [0.2, 0.25) is 0 Å². The van der Waals surface area contributed by atoms with Crippen molar-refractivity contribution < 1.29 is 9.90 Å². The summed E-state index contributed by atoms with van der Waals surface area (Å²) in [6.07, 6.45) is 2.08. The quantitative estimate of drug-likeness (QED) is 0.869. The molecule has 1 saturated heterocycles. The van der Waals surface area contributed by atoms with E-state index in [0.717, 1.165) is 32.5 Å². The molecule has 0 aliphatic carbocycles. The van der Waals surface area contributed by atoms with Crippen molar-refractivity contribution in [1.82, 2.24) is 9.80 Å². The highest BCUT2D eigenvalue weighted by atomic mass is 16.4. The smallest absolute Gasteiger partial charge is 0.317 e. The Morgan fingerprint density at radius 1 is 1.20 bits per heavy atom. The maximum absolute atomic E-state index is 11.0. The van der Waals surface area contributed by atoms with Crippen LogP contribution >= 0.6 is 0 Å². The van der Waals surface area contributed by atoms with Gasteiger partial charge in [0.25, 0.3) is 0 Å². The third kappa shape index (κ3) is 4.20. The van der Waals surface area contributed by atoms with Gasteiger partial charge in [-0.1, -0.05) is 43.3 Å². The summed E-state index contributed by atoms with van der Waals surface area (Å²) < 4.78 is 0. The van der Waals surface area contributed by atoms with Crippen molar-refractivity contribution in [2.45, 2.75) is 38.8 Å². The number of carboxylic acids is 1. The summed E-state index contributed by atoms with van der Waals surface area (Å²) in [7, 11) is 0. The van der Waals surface area contributed by atoms with Crippen LogP contribution in [0.25, 0.3) is 10.8 Å². The van der Waals surface area contributed by atoms with E-state index >= 15 is 0 Å². The summed E-state index contributed by atoms with van der Waals surface area (Å²) in [4.78, 5) is 15.6. The molecule has 2 aromatic rings. The van der Waals surface area contributed by atoms with Crippen LogP contribution in [-0.2, 0) is 4.79 Å². The minimum Gasteiger partial charge on any atom is -0.480 e. The first-order valence-electron chi connectivity index (χ1n) is 9.27. The normalized spacial score (nSPS) is 17.9. The van der Waals surface area contributed by atoms with Crippen molar-refractivity contribution in [3.05, 3.63) is 48.0 Å². The molecule has 2 aromatic carbocycles. The highest BCUT2D eigenvalue weighted by Gasteiger charge is 2.27. The summed E-state index contributed by atoms with van der Waals surface area (Å²) in [5.74, 6) is -0.728. The Morgan fingerprint density at radius 2 is 1.88 bits per heavy atom. The average molecular weight is 340 g/mol. The fraction of sp³-hybridized carbons (Fsp3) is 0.476. The zero-order valence-electron chi connectivity index (χ0n) is 15.2. The van der Waals surface area contributed by atoms with Gasteiger partial charge in [0.05, 0.1) is 6.54 Å². The van der Waals surface area contributed by atoms with Crippen molar-refractivity contribution in [1.29, 1.82) is 0 Å². The number of likely N-dealkylation sites (tertiary alicyclic amines) is 1. The molecule has 1 unspecified atom stereocenters. The van der Waals surface area contributed by atoms with E-state index in [2.05, 4.69) is 59.2 Å². The van der Waals surface area contributed by atoms with Crippen LogP contribution in [0.5, 0.6) is 0 Å². The Balaban J connectivity index is 1.64. The van der Waals surface area contributed by atoms with Gasteiger partial charge in [0.15, 0.2) is 0 Å². The van der Waals surface area contributed by atoms with Crippen molar-refractivity contribution in [3.8, 4) is 0 Å². The Morgan fingerprint density at radius 3 is 2.52 bits per heavy atom. The van der Waals surface area contributed by atoms with Gasteiger partial charge in [-0.15, -0.1) is 0 Å². The molecule has 134 valence electrons. The highest BCUT2D eigenvalue weighted by Crippen LogP contribution is 2.28. The number of piperidine rings is 1. The molecule has 1 fully saturated rings. The molecule has 1 N–H and O–H groups in total. The predicted octanol–water partition coefficient (Wildman–Crippen LogP) is 3.77. The van der Waals surface area contributed by atoms with Crippen LogP contribution in [0.3, 0.4) is 0 Å². The molecule has 0 aromatic heterocycles. The predicted molar refractivity (Wildman–Crippen MR) is 102 cm³/mol. The molecular formula is C21H28N2O2. The molecular weight excluding hydrogens is 312 g/mol. The van der Waals surface area contributed by atoms with Crippen LogP contribution in [-0.4, -0.2) is 53.1 Å². The van der Waals surface area contributed by atoms with E-state index in [1.54, 1.807) is 0 Å². The van der Waals surface area contributed by atoms with E-state index in [4.69, 9.17) is 5.11 Å². The lowest BCUT2D eigenvalue weighted by Gasteiger charge is -2.40. The minimum atomic E-state index is -0.728. The van der Waals surface area contributed by atoms with Gasteiger partial charge in [0.2, 0.25) is 0 Å². The molecule has 1 aliphatic heterocycles. The van der Waals surface area contributed by atoms with Crippen LogP contribution in [0.4, 0.5) is 0 Å². The second-order valence-electron chi connectivity index (χ2n) is 7.01. The number of rotatable bonds is 6. The Bertz CT molecular complexity index is 723. The van der Waals surface area contributed by atoms with E-state index in [0.29, 0.717) is 12.1 Å². The van der Waals surface area contributed by atoms with Crippen LogP contribution in [0.1, 0.15) is 38.3 Å². The first kappa shape index (κ1) is 17.9. The first-order valence-corrected chi connectivity index (χ1v) is 9.27. The molecule has 0 amide bonds. The van der Waals surface area contributed by atoms with Gasteiger partial charge in [-0.05, 0) is 48.7 Å². The molecule has 3 rings (SSSR count). The topological polar surface area (TPSA) is 43.8 Å². The largest absolute Gasteiger partial charge is 0.480 e. The highest BCUT2D eigenvalue weighted by molar-refractivity contribution is 5.83. The molecule has 0 radical (unpaired) electrons. The molecule has 1 atom stereocenters. The van der Waals surface area contributed by atoms with Gasteiger partial charge in [-0.2, -0.15) is 0 Å². The van der Waals surface area contributed by atoms with Gasteiger partial charge in [-0.3, -0.25) is 14.6 Å². The van der Waals surface area contributed by atoms with Crippen molar-refractivity contribution in [3.63, 3.8) is 0 Å². The van der Waals surface area contributed by atoms with Crippen molar-refractivity contribution in [2.24, 2.45) is 0 Å². The maximum Gasteiger partial charge on any atom is 0.317 e. The number of aliphatic carboxylic acids is 1. The lowest BCUT2D eigenvalue weighted by atomic mass is 9.97.